The third-order valence-corrected chi connectivity index (χ3v) is 2.02. The van der Waals surface area contributed by atoms with Gasteiger partial charge >= 0.3 is 0 Å². The highest BCUT2D eigenvalue weighted by Gasteiger charge is 2.06. The SMILES string of the molecule is CCCC(COC)Nc1ccccn1. The van der Waals surface area contributed by atoms with Gasteiger partial charge in [-0.25, -0.2) is 4.98 Å². The molecule has 78 valence electrons. The number of hydrogen-bond acceptors (Lipinski definition) is 3. The van der Waals surface area contributed by atoms with Crippen molar-refractivity contribution in [3.05, 3.63) is 24.4 Å². The van der Waals surface area contributed by atoms with Gasteiger partial charge in [0, 0.05) is 13.3 Å². The number of hydrogen-bond donors (Lipinski definition) is 1. The van der Waals surface area contributed by atoms with Crippen LogP contribution in [0.4, 0.5) is 5.82 Å². The molecule has 0 spiro atoms. The van der Waals surface area contributed by atoms with Crippen LogP contribution in [0.3, 0.4) is 0 Å². The number of rotatable bonds is 6. The summed E-state index contributed by atoms with van der Waals surface area (Å²) in [5.41, 5.74) is 0. The van der Waals surface area contributed by atoms with E-state index in [1.54, 1.807) is 13.3 Å². The second-order valence-corrected chi connectivity index (χ2v) is 3.30. The minimum atomic E-state index is 0.361. The van der Waals surface area contributed by atoms with Crippen LogP contribution in [0.2, 0.25) is 0 Å². The van der Waals surface area contributed by atoms with Crippen LogP contribution in [0.15, 0.2) is 24.4 Å². The molecule has 0 saturated carbocycles. The Morgan fingerprint density at radius 2 is 2.36 bits per heavy atom. The first-order valence-electron chi connectivity index (χ1n) is 5.03. The summed E-state index contributed by atoms with van der Waals surface area (Å²) < 4.78 is 5.14. The van der Waals surface area contributed by atoms with E-state index in [1.165, 1.54) is 0 Å². The molecular formula is C11H18N2O. The average Bonchev–Trinajstić information content (AvgIpc) is 2.20. The summed E-state index contributed by atoms with van der Waals surface area (Å²) in [7, 11) is 1.72. The van der Waals surface area contributed by atoms with Crippen molar-refractivity contribution in [3.8, 4) is 0 Å². The van der Waals surface area contributed by atoms with E-state index in [0.717, 1.165) is 25.3 Å². The summed E-state index contributed by atoms with van der Waals surface area (Å²) in [6.45, 7) is 2.90. The normalized spacial score (nSPS) is 12.4. The van der Waals surface area contributed by atoms with Crippen molar-refractivity contribution < 1.29 is 4.74 Å². The molecule has 0 aliphatic carbocycles. The molecule has 3 heteroatoms. The Balaban J connectivity index is 2.46. The molecule has 1 N–H and O–H groups in total. The van der Waals surface area contributed by atoms with Gasteiger partial charge < -0.3 is 10.1 Å². The van der Waals surface area contributed by atoms with Crippen LogP contribution < -0.4 is 5.32 Å². The van der Waals surface area contributed by atoms with Gasteiger partial charge in [-0.3, -0.25) is 0 Å². The number of nitrogens with one attached hydrogen (secondary N) is 1. The Kier molecular flexibility index (Phi) is 5.00. The number of pyridine rings is 1. The van der Waals surface area contributed by atoms with E-state index in [9.17, 15) is 0 Å². The summed E-state index contributed by atoms with van der Waals surface area (Å²) in [5.74, 6) is 0.919. The van der Waals surface area contributed by atoms with Crippen LogP contribution in [-0.4, -0.2) is 24.7 Å². The van der Waals surface area contributed by atoms with E-state index in [1.807, 2.05) is 18.2 Å². The zero-order valence-corrected chi connectivity index (χ0v) is 8.86. The Bertz CT molecular complexity index is 232. The van der Waals surface area contributed by atoms with Gasteiger partial charge in [-0.15, -0.1) is 0 Å². The van der Waals surface area contributed by atoms with Crippen molar-refractivity contribution >= 4 is 5.82 Å². The zero-order chi connectivity index (χ0) is 10.2. The fourth-order valence-electron chi connectivity index (χ4n) is 1.40. The molecule has 1 heterocycles. The van der Waals surface area contributed by atoms with Gasteiger partial charge in [-0.2, -0.15) is 0 Å². The van der Waals surface area contributed by atoms with E-state index >= 15 is 0 Å². The van der Waals surface area contributed by atoms with E-state index < -0.39 is 0 Å². The van der Waals surface area contributed by atoms with Crippen LogP contribution in [0.1, 0.15) is 19.8 Å². The summed E-state index contributed by atoms with van der Waals surface area (Å²) in [6, 6.07) is 6.22. The highest BCUT2D eigenvalue weighted by atomic mass is 16.5. The largest absolute Gasteiger partial charge is 0.383 e. The molecule has 14 heavy (non-hydrogen) atoms. The smallest absolute Gasteiger partial charge is 0.126 e. The fourth-order valence-corrected chi connectivity index (χ4v) is 1.40. The molecule has 1 aromatic rings. The summed E-state index contributed by atoms with van der Waals surface area (Å²) >= 11 is 0. The molecule has 3 nitrogen and oxygen atoms in total. The number of nitrogens with zero attached hydrogens (tertiary/aromatic N) is 1. The predicted octanol–water partition coefficient (Wildman–Crippen LogP) is 2.31. The molecule has 0 fully saturated rings. The van der Waals surface area contributed by atoms with Gasteiger partial charge in [-0.1, -0.05) is 19.4 Å². The van der Waals surface area contributed by atoms with Crippen molar-refractivity contribution in [2.45, 2.75) is 25.8 Å². The first kappa shape index (κ1) is 11.0. The number of methoxy groups -OCH3 is 1. The summed E-state index contributed by atoms with van der Waals surface area (Å²) in [4.78, 5) is 4.22. The molecule has 0 aliphatic rings. The topological polar surface area (TPSA) is 34.1 Å². The zero-order valence-electron chi connectivity index (χ0n) is 8.86. The van der Waals surface area contributed by atoms with E-state index in [-0.39, 0.29) is 0 Å². The van der Waals surface area contributed by atoms with Crippen LogP contribution in [0.5, 0.6) is 0 Å². The lowest BCUT2D eigenvalue weighted by molar-refractivity contribution is 0.182. The van der Waals surface area contributed by atoms with Gasteiger partial charge in [0.05, 0.1) is 12.6 Å². The third kappa shape index (κ3) is 3.75. The maximum Gasteiger partial charge on any atom is 0.126 e. The lowest BCUT2D eigenvalue weighted by Crippen LogP contribution is -2.25. The second-order valence-electron chi connectivity index (χ2n) is 3.30. The fraction of sp³-hybridized carbons (Fsp3) is 0.545. The van der Waals surface area contributed by atoms with Gasteiger partial charge in [0.15, 0.2) is 0 Å². The number of aromatic nitrogens is 1. The standard InChI is InChI=1S/C11H18N2O/c1-3-6-10(9-14-2)13-11-7-4-5-8-12-11/h4-5,7-8,10H,3,6,9H2,1-2H3,(H,12,13). The summed E-state index contributed by atoms with van der Waals surface area (Å²) in [6.07, 6.45) is 4.04. The molecule has 1 rings (SSSR count). The van der Waals surface area contributed by atoms with Crippen LogP contribution >= 0.6 is 0 Å². The monoisotopic (exact) mass is 194 g/mol. The molecule has 0 aromatic carbocycles. The first-order chi connectivity index (χ1) is 6.86. The maximum absolute atomic E-state index is 5.14. The Morgan fingerprint density at radius 1 is 1.50 bits per heavy atom. The Hall–Kier alpha value is -1.09. The second kappa shape index (κ2) is 6.38. The van der Waals surface area contributed by atoms with Crippen molar-refractivity contribution in [3.63, 3.8) is 0 Å². The van der Waals surface area contributed by atoms with E-state index in [4.69, 9.17) is 4.74 Å². The van der Waals surface area contributed by atoms with Crippen molar-refractivity contribution in [1.82, 2.24) is 4.98 Å². The van der Waals surface area contributed by atoms with Crippen LogP contribution in [0.25, 0.3) is 0 Å². The Labute approximate surface area is 85.5 Å². The minimum absolute atomic E-state index is 0.361. The van der Waals surface area contributed by atoms with Gasteiger partial charge in [-0.05, 0) is 18.6 Å². The Morgan fingerprint density at radius 3 is 2.93 bits per heavy atom. The van der Waals surface area contributed by atoms with E-state index in [2.05, 4.69) is 17.2 Å². The molecule has 0 bridgehead atoms. The van der Waals surface area contributed by atoms with Gasteiger partial charge in [0.1, 0.15) is 5.82 Å². The third-order valence-electron chi connectivity index (χ3n) is 2.02. The highest BCUT2D eigenvalue weighted by molar-refractivity contribution is 5.34. The lowest BCUT2D eigenvalue weighted by Gasteiger charge is -2.17. The van der Waals surface area contributed by atoms with Crippen LogP contribution in [0, 0.1) is 0 Å². The first-order valence-corrected chi connectivity index (χ1v) is 5.03. The van der Waals surface area contributed by atoms with E-state index in [0.29, 0.717) is 6.04 Å². The van der Waals surface area contributed by atoms with Crippen molar-refractivity contribution in [1.29, 1.82) is 0 Å². The summed E-state index contributed by atoms with van der Waals surface area (Å²) in [5, 5.41) is 3.34. The van der Waals surface area contributed by atoms with Gasteiger partial charge in [0.2, 0.25) is 0 Å². The molecule has 0 radical (unpaired) electrons. The number of anilines is 1. The molecule has 0 saturated heterocycles. The predicted molar refractivity (Wildman–Crippen MR) is 58.4 cm³/mol. The van der Waals surface area contributed by atoms with Crippen molar-refractivity contribution in [2.24, 2.45) is 0 Å². The molecule has 1 unspecified atom stereocenters. The molecular weight excluding hydrogens is 176 g/mol. The van der Waals surface area contributed by atoms with Crippen molar-refractivity contribution in [2.75, 3.05) is 19.0 Å². The highest BCUT2D eigenvalue weighted by Crippen LogP contribution is 2.07. The molecule has 0 aliphatic heterocycles. The lowest BCUT2D eigenvalue weighted by atomic mass is 10.2. The minimum Gasteiger partial charge on any atom is -0.383 e. The van der Waals surface area contributed by atoms with Crippen LogP contribution in [-0.2, 0) is 4.74 Å². The maximum atomic E-state index is 5.14. The molecule has 1 atom stereocenters. The number of ether oxygens (including phenoxy) is 1. The molecule has 1 aromatic heterocycles. The van der Waals surface area contributed by atoms with Gasteiger partial charge in [0.25, 0.3) is 0 Å². The molecule has 0 amide bonds. The quantitative estimate of drug-likeness (QED) is 0.754. The average molecular weight is 194 g/mol.